The maximum atomic E-state index is 5.62. The first-order valence-electron chi connectivity index (χ1n) is 6.20. The topological polar surface area (TPSA) is 42.1 Å². The molecule has 2 N–H and O–H groups in total. The summed E-state index contributed by atoms with van der Waals surface area (Å²) < 4.78 is 0. The molecule has 2 rings (SSSR count). The molecule has 1 aliphatic rings. The number of aromatic nitrogens is 1. The van der Waals surface area contributed by atoms with Gasteiger partial charge < -0.3 is 10.6 Å². The van der Waals surface area contributed by atoms with Crippen LogP contribution in [0.4, 0.5) is 5.82 Å². The van der Waals surface area contributed by atoms with Crippen LogP contribution in [0.3, 0.4) is 0 Å². The molecule has 1 aromatic heterocycles. The van der Waals surface area contributed by atoms with Crippen molar-refractivity contribution in [3.63, 3.8) is 0 Å². The molecule has 0 radical (unpaired) electrons. The van der Waals surface area contributed by atoms with E-state index in [9.17, 15) is 0 Å². The maximum Gasteiger partial charge on any atom is 0.128 e. The van der Waals surface area contributed by atoms with E-state index in [0.717, 1.165) is 11.5 Å². The van der Waals surface area contributed by atoms with Gasteiger partial charge in [-0.3, -0.25) is 0 Å². The van der Waals surface area contributed by atoms with Crippen LogP contribution in [0.2, 0.25) is 0 Å². The fourth-order valence-electron chi connectivity index (χ4n) is 2.43. The minimum absolute atomic E-state index is 0.520. The molecule has 3 heteroatoms. The zero-order chi connectivity index (χ0) is 11.4. The summed E-state index contributed by atoms with van der Waals surface area (Å²) in [7, 11) is 2.15. The van der Waals surface area contributed by atoms with E-state index in [1.165, 1.54) is 32.1 Å². The summed E-state index contributed by atoms with van der Waals surface area (Å²) in [6, 6.07) is 6.77. The predicted molar refractivity (Wildman–Crippen MR) is 67.4 cm³/mol. The van der Waals surface area contributed by atoms with Gasteiger partial charge in [-0.2, -0.15) is 0 Å². The second-order valence-electron chi connectivity index (χ2n) is 4.59. The quantitative estimate of drug-likeness (QED) is 0.848. The van der Waals surface area contributed by atoms with Crippen molar-refractivity contribution in [3.8, 4) is 0 Å². The van der Waals surface area contributed by atoms with E-state index in [2.05, 4.69) is 23.0 Å². The van der Waals surface area contributed by atoms with Crippen LogP contribution in [0.25, 0.3) is 0 Å². The van der Waals surface area contributed by atoms with Crippen molar-refractivity contribution in [1.82, 2.24) is 4.98 Å². The average Bonchev–Trinajstić information content (AvgIpc) is 2.39. The number of rotatable bonds is 3. The number of hydrogen-bond donors (Lipinski definition) is 1. The summed E-state index contributed by atoms with van der Waals surface area (Å²) in [6.45, 7) is 0.520. The highest BCUT2D eigenvalue weighted by atomic mass is 15.2. The minimum atomic E-state index is 0.520. The summed E-state index contributed by atoms with van der Waals surface area (Å²) in [6.07, 6.45) is 6.69. The molecular weight excluding hydrogens is 198 g/mol. The second-order valence-corrected chi connectivity index (χ2v) is 4.59. The SMILES string of the molecule is CN(c1cccc(CN)n1)C1CCCCC1. The van der Waals surface area contributed by atoms with E-state index in [1.54, 1.807) is 0 Å². The fraction of sp³-hybridized carbons (Fsp3) is 0.615. The Morgan fingerprint density at radius 2 is 2.06 bits per heavy atom. The van der Waals surface area contributed by atoms with Crippen LogP contribution in [0.5, 0.6) is 0 Å². The van der Waals surface area contributed by atoms with Gasteiger partial charge in [0.1, 0.15) is 5.82 Å². The van der Waals surface area contributed by atoms with E-state index in [-0.39, 0.29) is 0 Å². The van der Waals surface area contributed by atoms with E-state index in [1.807, 2.05) is 12.1 Å². The number of pyridine rings is 1. The molecule has 0 saturated heterocycles. The Labute approximate surface area is 97.7 Å². The Kier molecular flexibility index (Phi) is 3.78. The Balaban J connectivity index is 2.09. The highest BCUT2D eigenvalue weighted by molar-refractivity contribution is 5.39. The van der Waals surface area contributed by atoms with Gasteiger partial charge in [-0.25, -0.2) is 4.98 Å². The van der Waals surface area contributed by atoms with E-state index < -0.39 is 0 Å². The summed E-state index contributed by atoms with van der Waals surface area (Å²) >= 11 is 0. The monoisotopic (exact) mass is 219 g/mol. The third kappa shape index (κ3) is 2.53. The summed E-state index contributed by atoms with van der Waals surface area (Å²) in [5, 5.41) is 0. The predicted octanol–water partition coefficient (Wildman–Crippen LogP) is 2.31. The molecule has 3 nitrogen and oxygen atoms in total. The number of hydrogen-bond acceptors (Lipinski definition) is 3. The van der Waals surface area contributed by atoms with Gasteiger partial charge in [0.2, 0.25) is 0 Å². The third-order valence-corrected chi connectivity index (χ3v) is 3.48. The second kappa shape index (κ2) is 5.30. The lowest BCUT2D eigenvalue weighted by Crippen LogP contribution is -2.34. The van der Waals surface area contributed by atoms with Crippen molar-refractivity contribution < 1.29 is 0 Å². The van der Waals surface area contributed by atoms with E-state index in [4.69, 9.17) is 5.73 Å². The van der Waals surface area contributed by atoms with Gasteiger partial charge in [-0.1, -0.05) is 25.3 Å². The van der Waals surface area contributed by atoms with Crippen LogP contribution in [-0.2, 0) is 6.54 Å². The highest BCUT2D eigenvalue weighted by Crippen LogP contribution is 2.24. The minimum Gasteiger partial charge on any atom is -0.357 e. The van der Waals surface area contributed by atoms with Crippen molar-refractivity contribution in [2.24, 2.45) is 5.73 Å². The lowest BCUT2D eigenvalue weighted by atomic mass is 9.94. The molecule has 0 amide bonds. The van der Waals surface area contributed by atoms with Gasteiger partial charge in [-0.05, 0) is 25.0 Å². The molecular formula is C13H21N3. The van der Waals surface area contributed by atoms with E-state index >= 15 is 0 Å². The van der Waals surface area contributed by atoms with Crippen molar-refractivity contribution >= 4 is 5.82 Å². The van der Waals surface area contributed by atoms with Crippen LogP contribution in [0.1, 0.15) is 37.8 Å². The first-order chi connectivity index (χ1) is 7.81. The van der Waals surface area contributed by atoms with E-state index in [0.29, 0.717) is 12.6 Å². The number of nitrogens with zero attached hydrogens (tertiary/aromatic N) is 2. The number of anilines is 1. The first kappa shape index (κ1) is 11.4. The molecule has 16 heavy (non-hydrogen) atoms. The largest absolute Gasteiger partial charge is 0.357 e. The lowest BCUT2D eigenvalue weighted by molar-refractivity contribution is 0.426. The van der Waals surface area contributed by atoms with Gasteiger partial charge in [0.25, 0.3) is 0 Å². The van der Waals surface area contributed by atoms with Gasteiger partial charge in [0.05, 0.1) is 5.69 Å². The first-order valence-corrected chi connectivity index (χ1v) is 6.20. The van der Waals surface area contributed by atoms with Crippen molar-refractivity contribution in [1.29, 1.82) is 0 Å². The smallest absolute Gasteiger partial charge is 0.128 e. The molecule has 0 unspecified atom stereocenters. The van der Waals surface area contributed by atoms with Crippen LogP contribution in [0, 0.1) is 0 Å². The molecule has 1 saturated carbocycles. The zero-order valence-electron chi connectivity index (χ0n) is 10.0. The molecule has 0 spiro atoms. The summed E-state index contributed by atoms with van der Waals surface area (Å²) in [4.78, 5) is 6.89. The Bertz CT molecular complexity index is 332. The third-order valence-electron chi connectivity index (χ3n) is 3.48. The van der Waals surface area contributed by atoms with Gasteiger partial charge >= 0.3 is 0 Å². The maximum absolute atomic E-state index is 5.62. The molecule has 1 aromatic rings. The number of nitrogens with two attached hydrogens (primary N) is 1. The Hall–Kier alpha value is -1.09. The van der Waals surface area contributed by atoms with Crippen LogP contribution >= 0.6 is 0 Å². The van der Waals surface area contributed by atoms with Crippen LogP contribution in [-0.4, -0.2) is 18.1 Å². The Morgan fingerprint density at radius 1 is 1.31 bits per heavy atom. The zero-order valence-corrected chi connectivity index (χ0v) is 10.0. The molecule has 0 aliphatic heterocycles. The standard InChI is InChI=1S/C13H21N3/c1-16(12-7-3-2-4-8-12)13-9-5-6-11(10-14)15-13/h5-6,9,12H,2-4,7-8,10,14H2,1H3. The van der Waals surface area contributed by atoms with Crippen LogP contribution in [0.15, 0.2) is 18.2 Å². The molecule has 0 aromatic carbocycles. The lowest BCUT2D eigenvalue weighted by Gasteiger charge is -2.32. The van der Waals surface area contributed by atoms with Crippen molar-refractivity contribution in [2.75, 3.05) is 11.9 Å². The van der Waals surface area contributed by atoms with Crippen molar-refractivity contribution in [3.05, 3.63) is 23.9 Å². The van der Waals surface area contributed by atoms with Gasteiger partial charge in [0, 0.05) is 19.6 Å². The highest BCUT2D eigenvalue weighted by Gasteiger charge is 2.18. The normalized spacial score (nSPS) is 17.4. The van der Waals surface area contributed by atoms with Gasteiger partial charge in [-0.15, -0.1) is 0 Å². The van der Waals surface area contributed by atoms with Crippen LogP contribution < -0.4 is 10.6 Å². The molecule has 1 heterocycles. The molecule has 0 bridgehead atoms. The van der Waals surface area contributed by atoms with Gasteiger partial charge in [0.15, 0.2) is 0 Å². The summed E-state index contributed by atoms with van der Waals surface area (Å²) in [5.41, 5.74) is 6.59. The average molecular weight is 219 g/mol. The molecule has 88 valence electrons. The molecule has 1 aliphatic carbocycles. The fourth-order valence-corrected chi connectivity index (χ4v) is 2.43. The summed E-state index contributed by atoms with van der Waals surface area (Å²) in [5.74, 6) is 1.06. The Morgan fingerprint density at radius 3 is 2.75 bits per heavy atom. The molecule has 1 fully saturated rings. The van der Waals surface area contributed by atoms with Crippen molar-refractivity contribution in [2.45, 2.75) is 44.7 Å². The molecule has 0 atom stereocenters.